The Labute approximate surface area is 86.2 Å². The molecule has 96 valence electrons. The van der Waals surface area contributed by atoms with Crippen molar-refractivity contribution in [1.82, 2.24) is 0 Å². The zero-order chi connectivity index (χ0) is 13.2. The number of carbonyl (C=O) groups is 1. The second kappa shape index (κ2) is 4.65. The van der Waals surface area contributed by atoms with E-state index in [-0.39, 0.29) is 0 Å². The summed E-state index contributed by atoms with van der Waals surface area (Å²) >= 11 is 0. The summed E-state index contributed by atoms with van der Waals surface area (Å²) in [6.45, 7) is 0.583. The van der Waals surface area contributed by atoms with E-state index in [0.29, 0.717) is 6.92 Å². The van der Waals surface area contributed by atoms with Crippen molar-refractivity contribution in [2.45, 2.75) is 19.3 Å². The van der Waals surface area contributed by atoms with Crippen LogP contribution >= 0.6 is 7.37 Å². The molecule has 0 spiro atoms. The maximum Gasteiger partial charge on any atom is 0.399 e. The quantitative estimate of drug-likeness (QED) is 0.586. The maximum absolute atomic E-state index is 11.8. The Balaban J connectivity index is 4.90. The Kier molecular flexibility index (Phi) is 4.44. The molecule has 0 unspecified atom stereocenters. The van der Waals surface area contributed by atoms with Gasteiger partial charge in [-0.15, -0.1) is 0 Å². The Hall–Kier alpha value is -0.720. The lowest BCUT2D eigenvalue weighted by molar-refractivity contribution is -0.133. The number of hydrogen-bond donors (Lipinski definition) is 0. The van der Waals surface area contributed by atoms with Crippen molar-refractivity contribution in [3.63, 3.8) is 0 Å². The molecule has 0 atom stereocenters. The van der Waals surface area contributed by atoms with Gasteiger partial charge in [-0.2, -0.15) is 26.3 Å². The molecule has 0 aromatic rings. The fourth-order valence-electron chi connectivity index (χ4n) is 0.901. The first-order chi connectivity index (χ1) is 6.83. The van der Waals surface area contributed by atoms with Crippen molar-refractivity contribution in [3.8, 4) is 0 Å². The average molecular weight is 272 g/mol. The molecule has 0 heterocycles. The van der Waals surface area contributed by atoms with E-state index in [4.69, 9.17) is 0 Å². The monoisotopic (exact) mass is 272 g/mol. The lowest BCUT2D eigenvalue weighted by Crippen LogP contribution is -2.24. The normalized spacial score (nSPS) is 13.7. The van der Waals surface area contributed by atoms with Gasteiger partial charge in [-0.3, -0.25) is 9.36 Å². The molecular formula is C6H7F6O3P. The van der Waals surface area contributed by atoms with E-state index in [1.807, 2.05) is 0 Å². The number of rotatable bonds is 3. The second-order valence-corrected chi connectivity index (χ2v) is 5.39. The van der Waals surface area contributed by atoms with Gasteiger partial charge in [-0.05, 0) is 0 Å². The Morgan fingerprint density at radius 1 is 1.06 bits per heavy atom. The smallest absolute Gasteiger partial charge is 0.399 e. The zero-order valence-corrected chi connectivity index (χ0v) is 8.75. The zero-order valence-electron chi connectivity index (χ0n) is 7.85. The first kappa shape index (κ1) is 15.3. The van der Waals surface area contributed by atoms with Gasteiger partial charge < -0.3 is 4.52 Å². The van der Waals surface area contributed by atoms with Crippen LogP contribution in [-0.4, -0.2) is 30.6 Å². The maximum atomic E-state index is 11.8. The lowest BCUT2D eigenvalue weighted by atomic mass is 10.8. The van der Waals surface area contributed by atoms with E-state index >= 15 is 0 Å². The highest BCUT2D eigenvalue weighted by molar-refractivity contribution is 7.59. The Morgan fingerprint density at radius 2 is 1.38 bits per heavy atom. The third-order valence-corrected chi connectivity index (χ3v) is 3.41. The summed E-state index contributed by atoms with van der Waals surface area (Å²) in [4.78, 5) is 10.3. The van der Waals surface area contributed by atoms with Gasteiger partial charge in [0.2, 0.25) is 0 Å². The van der Waals surface area contributed by atoms with Gasteiger partial charge in [0.25, 0.3) is 7.37 Å². The molecule has 0 rings (SSSR count). The number of alkyl halides is 6. The van der Waals surface area contributed by atoms with Crippen LogP contribution < -0.4 is 0 Å². The van der Waals surface area contributed by atoms with Gasteiger partial charge in [-0.1, -0.05) is 0 Å². The molecule has 0 N–H and O–H groups in total. The van der Waals surface area contributed by atoms with Crippen LogP contribution in [0.1, 0.15) is 6.92 Å². The predicted octanol–water partition coefficient (Wildman–Crippen LogP) is 2.95. The Morgan fingerprint density at radius 3 is 1.56 bits per heavy atom. The summed E-state index contributed by atoms with van der Waals surface area (Å²) in [6.07, 6.45) is -14.8. The lowest BCUT2D eigenvalue weighted by Gasteiger charge is -2.20. The van der Waals surface area contributed by atoms with Crippen LogP contribution in [-0.2, 0) is 13.9 Å². The SMILES string of the molecule is CC(=O)OP(=O)(CC(F)(F)F)CC(F)(F)F. The van der Waals surface area contributed by atoms with Crippen LogP contribution in [0, 0.1) is 0 Å². The van der Waals surface area contributed by atoms with Crippen LogP contribution in [0.15, 0.2) is 0 Å². The third-order valence-electron chi connectivity index (χ3n) is 1.14. The molecule has 0 aliphatic carbocycles. The summed E-state index contributed by atoms with van der Waals surface area (Å²) < 4.78 is 85.9. The number of carbonyl (C=O) groups excluding carboxylic acids is 1. The molecule has 0 aromatic carbocycles. The minimum absolute atomic E-state index is 0.583. The molecule has 10 heteroatoms. The summed E-state index contributed by atoms with van der Waals surface area (Å²) in [5.41, 5.74) is 0. The van der Waals surface area contributed by atoms with Crippen LogP contribution in [0.3, 0.4) is 0 Å². The van der Waals surface area contributed by atoms with E-state index in [2.05, 4.69) is 4.52 Å². The van der Waals surface area contributed by atoms with E-state index in [0.717, 1.165) is 0 Å². The highest BCUT2D eigenvalue weighted by Gasteiger charge is 2.48. The first-order valence-electron chi connectivity index (χ1n) is 3.75. The first-order valence-corrected chi connectivity index (χ1v) is 5.74. The standard InChI is InChI=1S/C6H7F6O3P/c1-4(13)15-16(14,2-5(7,8)9)3-6(10,11)12/h2-3H2,1H3. The fraction of sp³-hybridized carbons (Fsp3) is 0.833. The predicted molar refractivity (Wildman–Crippen MR) is 41.2 cm³/mol. The minimum atomic E-state index is -5.12. The molecule has 0 amide bonds. The van der Waals surface area contributed by atoms with Gasteiger partial charge in [0, 0.05) is 6.92 Å². The molecule has 3 nitrogen and oxygen atoms in total. The van der Waals surface area contributed by atoms with Crippen LogP contribution in [0.25, 0.3) is 0 Å². The molecule has 0 radical (unpaired) electrons. The molecule has 0 bridgehead atoms. The number of hydrogen-bond acceptors (Lipinski definition) is 3. The third kappa shape index (κ3) is 7.56. The van der Waals surface area contributed by atoms with Gasteiger partial charge in [0.05, 0.1) is 0 Å². The van der Waals surface area contributed by atoms with Crippen molar-refractivity contribution in [2.24, 2.45) is 0 Å². The van der Waals surface area contributed by atoms with Crippen LogP contribution in [0.5, 0.6) is 0 Å². The van der Waals surface area contributed by atoms with Crippen molar-refractivity contribution < 1.29 is 40.2 Å². The van der Waals surface area contributed by atoms with Gasteiger partial charge in [0.15, 0.2) is 0 Å². The topological polar surface area (TPSA) is 43.4 Å². The van der Waals surface area contributed by atoms with E-state index in [1.54, 1.807) is 0 Å². The highest BCUT2D eigenvalue weighted by Crippen LogP contribution is 2.54. The second-order valence-electron chi connectivity index (χ2n) is 2.94. The average Bonchev–Trinajstić information content (AvgIpc) is 1.69. The van der Waals surface area contributed by atoms with Gasteiger partial charge >= 0.3 is 18.3 Å². The summed E-state index contributed by atoms with van der Waals surface area (Å²) in [7, 11) is -5.12. The van der Waals surface area contributed by atoms with E-state index in [9.17, 15) is 35.7 Å². The van der Waals surface area contributed by atoms with Crippen molar-refractivity contribution >= 4 is 13.3 Å². The van der Waals surface area contributed by atoms with E-state index < -0.39 is 38.0 Å². The molecule has 0 saturated carbocycles. The molecular weight excluding hydrogens is 265 g/mol. The Bertz CT molecular complexity index is 286. The van der Waals surface area contributed by atoms with Crippen molar-refractivity contribution in [2.75, 3.05) is 12.3 Å². The molecule has 0 fully saturated rings. The molecule has 0 aliphatic heterocycles. The van der Waals surface area contributed by atoms with Crippen LogP contribution in [0.2, 0.25) is 0 Å². The minimum Gasteiger partial charge on any atom is -0.411 e. The van der Waals surface area contributed by atoms with Crippen LogP contribution in [0.4, 0.5) is 26.3 Å². The summed E-state index contributed by atoms with van der Waals surface area (Å²) in [5.74, 6) is -1.45. The van der Waals surface area contributed by atoms with Gasteiger partial charge in [-0.25, -0.2) is 0 Å². The molecule has 0 saturated heterocycles. The number of halogens is 6. The largest absolute Gasteiger partial charge is 0.411 e. The van der Waals surface area contributed by atoms with Crippen molar-refractivity contribution in [3.05, 3.63) is 0 Å². The van der Waals surface area contributed by atoms with E-state index in [1.165, 1.54) is 0 Å². The summed E-state index contributed by atoms with van der Waals surface area (Å²) in [5, 5.41) is 0. The highest BCUT2D eigenvalue weighted by atomic mass is 31.2. The summed E-state index contributed by atoms with van der Waals surface area (Å²) in [6, 6.07) is 0. The fourth-order valence-corrected chi connectivity index (χ4v) is 2.70. The van der Waals surface area contributed by atoms with Crippen molar-refractivity contribution in [1.29, 1.82) is 0 Å². The molecule has 0 aliphatic rings. The molecule has 0 aromatic heterocycles. The molecule has 16 heavy (non-hydrogen) atoms. The van der Waals surface area contributed by atoms with Gasteiger partial charge in [0.1, 0.15) is 12.3 Å².